The van der Waals surface area contributed by atoms with Gasteiger partial charge in [-0.2, -0.15) is 0 Å². The van der Waals surface area contributed by atoms with Gasteiger partial charge in [0.2, 0.25) is 0 Å². The van der Waals surface area contributed by atoms with E-state index in [-0.39, 0.29) is 6.04 Å². The summed E-state index contributed by atoms with van der Waals surface area (Å²) in [5, 5.41) is 20.4. The summed E-state index contributed by atoms with van der Waals surface area (Å²) in [5.74, 6) is 0. The number of aromatic nitrogens is 3. The number of aliphatic hydroxyl groups excluding tert-OH is 1. The number of nitrogens with zero attached hydrogens (tertiary/aromatic N) is 3. The lowest BCUT2D eigenvalue weighted by Gasteiger charge is -2.17. The Bertz CT molecular complexity index is 269. The molecule has 0 amide bonds. The maximum absolute atomic E-state index is 9.85. The Labute approximate surface area is 85.3 Å². The molecule has 74 valence electrons. The van der Waals surface area contributed by atoms with Crippen LogP contribution in [0, 0.1) is 0 Å². The SMILES string of the molecule is CN[C@@H](C)C(O)c1c(Br)nnn1C. The predicted molar refractivity (Wildman–Crippen MR) is 52.2 cm³/mol. The summed E-state index contributed by atoms with van der Waals surface area (Å²) in [6.45, 7) is 1.89. The molecule has 0 aliphatic carbocycles. The van der Waals surface area contributed by atoms with Gasteiger partial charge in [0.15, 0.2) is 4.60 Å². The van der Waals surface area contributed by atoms with Gasteiger partial charge in [0.1, 0.15) is 11.8 Å². The lowest BCUT2D eigenvalue weighted by Crippen LogP contribution is -2.30. The lowest BCUT2D eigenvalue weighted by atomic mass is 10.1. The minimum atomic E-state index is -0.612. The first-order valence-corrected chi connectivity index (χ1v) is 4.77. The van der Waals surface area contributed by atoms with E-state index in [4.69, 9.17) is 0 Å². The van der Waals surface area contributed by atoms with Gasteiger partial charge in [-0.3, -0.25) is 0 Å². The van der Waals surface area contributed by atoms with E-state index in [2.05, 4.69) is 31.6 Å². The number of hydrogen-bond acceptors (Lipinski definition) is 4. The number of aryl methyl sites for hydroxylation is 1. The fourth-order valence-electron chi connectivity index (χ4n) is 1.05. The van der Waals surface area contributed by atoms with E-state index in [1.165, 1.54) is 0 Å². The van der Waals surface area contributed by atoms with Crippen molar-refractivity contribution in [2.45, 2.75) is 19.1 Å². The molecule has 1 aromatic rings. The normalized spacial score (nSPS) is 15.8. The third kappa shape index (κ3) is 2.07. The predicted octanol–water partition coefficient (Wildman–Crippen LogP) is 0.219. The van der Waals surface area contributed by atoms with Crippen molar-refractivity contribution in [1.29, 1.82) is 0 Å². The fourth-order valence-corrected chi connectivity index (χ4v) is 1.61. The Kier molecular flexibility index (Phi) is 3.40. The van der Waals surface area contributed by atoms with Crippen LogP contribution in [0.3, 0.4) is 0 Å². The Morgan fingerprint density at radius 2 is 2.23 bits per heavy atom. The molecule has 0 radical (unpaired) electrons. The summed E-state index contributed by atoms with van der Waals surface area (Å²) >= 11 is 3.23. The zero-order valence-electron chi connectivity index (χ0n) is 7.82. The highest BCUT2D eigenvalue weighted by Crippen LogP contribution is 2.22. The standard InChI is InChI=1S/C7H13BrN4O/c1-4(9-2)6(13)5-7(8)10-11-12(5)3/h4,6,9,13H,1-3H3/t4-,6?/m0/s1. The van der Waals surface area contributed by atoms with Crippen molar-refractivity contribution < 1.29 is 5.11 Å². The van der Waals surface area contributed by atoms with Crippen molar-refractivity contribution in [3.63, 3.8) is 0 Å². The molecule has 1 heterocycles. The fraction of sp³-hybridized carbons (Fsp3) is 0.714. The molecule has 0 aliphatic heterocycles. The number of halogens is 1. The van der Waals surface area contributed by atoms with E-state index in [1.807, 2.05) is 6.92 Å². The molecule has 1 rings (SSSR count). The van der Waals surface area contributed by atoms with Gasteiger partial charge in [-0.25, -0.2) is 4.68 Å². The molecule has 2 N–H and O–H groups in total. The van der Waals surface area contributed by atoms with E-state index in [0.29, 0.717) is 10.3 Å². The van der Waals surface area contributed by atoms with Gasteiger partial charge in [-0.15, -0.1) is 5.10 Å². The van der Waals surface area contributed by atoms with Crippen molar-refractivity contribution in [3.8, 4) is 0 Å². The molecule has 0 saturated heterocycles. The highest BCUT2D eigenvalue weighted by molar-refractivity contribution is 9.10. The largest absolute Gasteiger partial charge is 0.385 e. The molecule has 13 heavy (non-hydrogen) atoms. The van der Waals surface area contributed by atoms with Crippen LogP contribution in [0.2, 0.25) is 0 Å². The Balaban J connectivity index is 2.93. The number of nitrogens with one attached hydrogen (secondary N) is 1. The lowest BCUT2D eigenvalue weighted by molar-refractivity contribution is 0.130. The summed E-state index contributed by atoms with van der Waals surface area (Å²) in [4.78, 5) is 0. The van der Waals surface area contributed by atoms with Crippen LogP contribution in [-0.2, 0) is 7.05 Å². The summed E-state index contributed by atoms with van der Waals surface area (Å²) in [6, 6.07) is -0.0338. The van der Waals surface area contributed by atoms with Crippen LogP contribution in [0.1, 0.15) is 18.7 Å². The van der Waals surface area contributed by atoms with E-state index in [1.54, 1.807) is 18.8 Å². The van der Waals surface area contributed by atoms with Crippen molar-refractivity contribution in [1.82, 2.24) is 20.3 Å². The number of aliphatic hydroxyl groups is 1. The highest BCUT2D eigenvalue weighted by Gasteiger charge is 2.21. The molecule has 0 bridgehead atoms. The van der Waals surface area contributed by atoms with Crippen molar-refractivity contribution in [3.05, 3.63) is 10.3 Å². The molecule has 0 saturated carbocycles. The number of rotatable bonds is 3. The second-order valence-corrected chi connectivity index (χ2v) is 3.66. The number of likely N-dealkylation sites (N-methyl/N-ethyl adjacent to an activating group) is 1. The van der Waals surface area contributed by atoms with Gasteiger partial charge < -0.3 is 10.4 Å². The molecule has 1 unspecified atom stereocenters. The Morgan fingerprint density at radius 1 is 1.62 bits per heavy atom. The summed E-state index contributed by atoms with van der Waals surface area (Å²) in [6.07, 6.45) is -0.612. The first kappa shape index (κ1) is 10.6. The average Bonchev–Trinajstić information content (AvgIpc) is 2.44. The molecule has 0 aromatic carbocycles. The smallest absolute Gasteiger partial charge is 0.154 e. The van der Waals surface area contributed by atoms with Gasteiger partial charge >= 0.3 is 0 Å². The maximum atomic E-state index is 9.85. The van der Waals surface area contributed by atoms with Crippen molar-refractivity contribution in [2.24, 2.45) is 7.05 Å². The van der Waals surface area contributed by atoms with Gasteiger partial charge in [0.05, 0.1) is 0 Å². The maximum Gasteiger partial charge on any atom is 0.154 e. The van der Waals surface area contributed by atoms with Crippen molar-refractivity contribution >= 4 is 15.9 Å². The topological polar surface area (TPSA) is 63.0 Å². The monoisotopic (exact) mass is 248 g/mol. The summed E-state index contributed by atoms with van der Waals surface area (Å²) in [5.41, 5.74) is 0.682. The highest BCUT2D eigenvalue weighted by atomic mass is 79.9. The molecule has 2 atom stereocenters. The molecular formula is C7H13BrN4O. The van der Waals surface area contributed by atoms with E-state index >= 15 is 0 Å². The molecule has 5 nitrogen and oxygen atoms in total. The van der Waals surface area contributed by atoms with Crippen LogP contribution < -0.4 is 5.32 Å². The van der Waals surface area contributed by atoms with Crippen LogP contribution in [0.5, 0.6) is 0 Å². The molecule has 6 heteroatoms. The van der Waals surface area contributed by atoms with Crippen LogP contribution >= 0.6 is 15.9 Å². The molecular weight excluding hydrogens is 236 g/mol. The van der Waals surface area contributed by atoms with Crippen LogP contribution in [0.25, 0.3) is 0 Å². The Hall–Kier alpha value is -0.460. The van der Waals surface area contributed by atoms with Crippen LogP contribution in [0.4, 0.5) is 0 Å². The minimum Gasteiger partial charge on any atom is -0.385 e. The third-order valence-corrected chi connectivity index (χ3v) is 2.60. The van der Waals surface area contributed by atoms with Crippen LogP contribution in [-0.4, -0.2) is 33.2 Å². The Morgan fingerprint density at radius 3 is 2.62 bits per heavy atom. The van der Waals surface area contributed by atoms with Crippen molar-refractivity contribution in [2.75, 3.05) is 7.05 Å². The minimum absolute atomic E-state index is 0.0338. The first-order valence-electron chi connectivity index (χ1n) is 3.98. The van der Waals surface area contributed by atoms with Gasteiger partial charge in [-0.05, 0) is 29.9 Å². The average molecular weight is 249 g/mol. The summed E-state index contributed by atoms with van der Waals surface area (Å²) in [7, 11) is 3.55. The zero-order chi connectivity index (χ0) is 10.0. The third-order valence-electron chi connectivity index (χ3n) is 2.04. The van der Waals surface area contributed by atoms with Gasteiger partial charge in [-0.1, -0.05) is 5.21 Å². The quantitative estimate of drug-likeness (QED) is 0.804. The van der Waals surface area contributed by atoms with Gasteiger partial charge in [0, 0.05) is 13.1 Å². The number of hydrogen-bond donors (Lipinski definition) is 2. The summed E-state index contributed by atoms with van der Waals surface area (Å²) < 4.78 is 2.15. The molecule has 1 aromatic heterocycles. The van der Waals surface area contributed by atoms with E-state index in [9.17, 15) is 5.11 Å². The molecule has 0 aliphatic rings. The van der Waals surface area contributed by atoms with E-state index in [0.717, 1.165) is 0 Å². The van der Waals surface area contributed by atoms with Crippen LogP contribution in [0.15, 0.2) is 4.60 Å². The second-order valence-electron chi connectivity index (χ2n) is 2.91. The van der Waals surface area contributed by atoms with E-state index < -0.39 is 6.10 Å². The van der Waals surface area contributed by atoms with Gasteiger partial charge in [0.25, 0.3) is 0 Å². The zero-order valence-corrected chi connectivity index (χ0v) is 9.41. The molecule has 0 fully saturated rings. The first-order chi connectivity index (χ1) is 6.07. The second kappa shape index (κ2) is 4.17. The molecule has 0 spiro atoms.